The average molecular weight is 185 g/mol. The van der Waals surface area contributed by atoms with E-state index in [4.69, 9.17) is 16.9 Å². The van der Waals surface area contributed by atoms with Gasteiger partial charge in [0.05, 0.1) is 0 Å². The van der Waals surface area contributed by atoms with Crippen molar-refractivity contribution in [2.24, 2.45) is 0 Å². The molecule has 0 aromatic heterocycles. The van der Waals surface area contributed by atoms with Crippen LogP contribution in [0.2, 0.25) is 0 Å². The van der Waals surface area contributed by atoms with Gasteiger partial charge >= 0.3 is 5.43 Å². The summed E-state index contributed by atoms with van der Waals surface area (Å²) in [5.41, 5.74) is -1.03. The summed E-state index contributed by atoms with van der Waals surface area (Å²) in [6, 6.07) is 0. The van der Waals surface area contributed by atoms with Gasteiger partial charge in [0.25, 0.3) is 0 Å². The molecule has 12 heavy (non-hydrogen) atoms. The summed E-state index contributed by atoms with van der Waals surface area (Å²) in [4.78, 5) is 13.3. The summed E-state index contributed by atoms with van der Waals surface area (Å²) < 4.78 is 3.98. The van der Waals surface area contributed by atoms with E-state index in [1.807, 2.05) is 6.11 Å². The summed E-state index contributed by atoms with van der Waals surface area (Å²) in [7, 11) is 0. The zero-order valence-electron chi connectivity index (χ0n) is 5.55. The van der Waals surface area contributed by atoms with Gasteiger partial charge in [0.2, 0.25) is 0 Å². The van der Waals surface area contributed by atoms with Crippen LogP contribution in [-0.2, 0) is 9.62 Å². The highest BCUT2D eigenvalue weighted by atomic mass is 35.5. The van der Waals surface area contributed by atoms with Crippen LogP contribution in [0.25, 0.3) is 0 Å². The lowest BCUT2D eigenvalue weighted by atomic mass is 10.6. The number of carbonyl (C=O) groups is 1. The van der Waals surface area contributed by atoms with Gasteiger partial charge in [-0.2, -0.15) is 5.26 Å². The topological polar surface area (TPSA) is 55.8 Å². The summed E-state index contributed by atoms with van der Waals surface area (Å²) in [6.07, 6.45) is 3.66. The summed E-state index contributed by atoms with van der Waals surface area (Å²) in [5.74, 6) is 8.48. The molecule has 0 aliphatic heterocycles. The van der Waals surface area contributed by atoms with Gasteiger partial charge in [-0.25, -0.2) is 4.79 Å². The quantitative estimate of drug-likeness (QED) is 0.262. The van der Waals surface area contributed by atoms with Crippen LogP contribution in [0.4, 0.5) is 4.79 Å². The first-order chi connectivity index (χ1) is 5.77. The molecule has 4 nitrogen and oxygen atoms in total. The number of rotatable bonds is 0. The highest BCUT2D eigenvalue weighted by Gasteiger charge is 1.86. The molecule has 0 atom stereocenters. The van der Waals surface area contributed by atoms with E-state index in [9.17, 15) is 4.79 Å². The van der Waals surface area contributed by atoms with Crippen molar-refractivity contribution in [3.8, 4) is 35.9 Å². The predicted molar refractivity (Wildman–Crippen MR) is 39.4 cm³/mol. The molecule has 0 rings (SSSR count). The first-order valence-electron chi connectivity index (χ1n) is 2.44. The number of halogens is 1. The molecule has 5 heteroatoms. The Morgan fingerprint density at radius 1 is 1.17 bits per heavy atom. The van der Waals surface area contributed by atoms with Crippen LogP contribution in [0.5, 0.6) is 0 Å². The van der Waals surface area contributed by atoms with Crippen molar-refractivity contribution in [2.45, 2.75) is 0 Å². The molecule has 0 unspecified atom stereocenters. The smallest absolute Gasteiger partial charge is 0.359 e. The predicted octanol–water partition coefficient (Wildman–Crippen LogP) is 0.777. The zero-order valence-corrected chi connectivity index (χ0v) is 6.31. The molecule has 0 fully saturated rings. The minimum atomic E-state index is -1.03. The van der Waals surface area contributed by atoms with E-state index in [0.717, 1.165) is 0 Å². The fourth-order valence-corrected chi connectivity index (χ4v) is 0.241. The number of hydrogen-bond acceptors (Lipinski definition) is 4. The van der Waals surface area contributed by atoms with Crippen LogP contribution >= 0.6 is 11.6 Å². The Morgan fingerprint density at radius 3 is 2.25 bits per heavy atom. The minimum absolute atomic E-state index is 1.03. The van der Waals surface area contributed by atoms with Crippen molar-refractivity contribution < 1.29 is 19.7 Å². The van der Waals surface area contributed by atoms with E-state index in [1.165, 1.54) is 0 Å². The van der Waals surface area contributed by atoms with Gasteiger partial charge in [0.15, 0.2) is 6.11 Å². The van der Waals surface area contributed by atoms with E-state index in [0.29, 0.717) is 0 Å². The van der Waals surface area contributed by atoms with Crippen molar-refractivity contribution in [3.05, 3.63) is 0 Å². The minimum Gasteiger partial charge on any atom is -0.359 e. The van der Waals surface area contributed by atoms with Gasteiger partial charge in [-0.15, -0.1) is 0 Å². The zero-order chi connectivity index (χ0) is 9.23. The molecule has 0 aromatic rings. The lowest BCUT2D eigenvalue weighted by Gasteiger charge is -1.76. The Hall–Kier alpha value is -1.80. The van der Waals surface area contributed by atoms with Crippen LogP contribution in [0.3, 0.4) is 0 Å². The normalized spacial score (nSPS) is 5.50. The molecule has 0 radical (unpaired) electrons. The van der Waals surface area contributed by atoms with Crippen LogP contribution in [-0.4, -0.2) is 10.7 Å². The number of hydrogen-bond donors (Lipinski definition) is 1. The SMILES string of the molecule is O=C(Cl)OC#CC#CC#COO. The lowest BCUT2D eigenvalue weighted by Crippen LogP contribution is -1.81. The van der Waals surface area contributed by atoms with Crippen LogP contribution in [0, 0.1) is 35.9 Å². The van der Waals surface area contributed by atoms with E-state index < -0.39 is 5.43 Å². The third kappa shape index (κ3) is 8.20. The average Bonchev–Trinajstić information content (AvgIpc) is 2.02. The molecule has 0 spiro atoms. The first kappa shape index (κ1) is 10.2. The second-order valence-corrected chi connectivity index (χ2v) is 1.44. The van der Waals surface area contributed by atoms with Gasteiger partial charge in [0.1, 0.15) is 6.11 Å². The summed E-state index contributed by atoms with van der Waals surface area (Å²) in [6.45, 7) is 0. The van der Waals surface area contributed by atoms with Crippen LogP contribution in [0.15, 0.2) is 0 Å². The summed E-state index contributed by atoms with van der Waals surface area (Å²) in [5, 5.41) is 7.68. The molecule has 0 amide bonds. The second-order valence-electron chi connectivity index (χ2n) is 1.14. The Balaban J connectivity index is 3.82. The maximum atomic E-state index is 9.89. The molecule has 0 aliphatic rings. The standard InChI is InChI=1S/C7HClO4/c8-7(9)11-5-3-1-2-4-6-12-10/h10H. The van der Waals surface area contributed by atoms with Gasteiger partial charge in [-0.3, -0.25) is 4.89 Å². The Morgan fingerprint density at radius 2 is 1.75 bits per heavy atom. The maximum Gasteiger partial charge on any atom is 0.417 e. The van der Waals surface area contributed by atoms with Gasteiger partial charge < -0.3 is 4.74 Å². The monoisotopic (exact) mass is 184 g/mol. The van der Waals surface area contributed by atoms with Crippen molar-refractivity contribution in [2.75, 3.05) is 0 Å². The van der Waals surface area contributed by atoms with Crippen molar-refractivity contribution in [3.63, 3.8) is 0 Å². The van der Waals surface area contributed by atoms with E-state index in [1.54, 1.807) is 6.11 Å². The molecule has 0 saturated carbocycles. The van der Waals surface area contributed by atoms with E-state index in [2.05, 4.69) is 33.3 Å². The number of carbonyl (C=O) groups excluding carboxylic acids is 1. The van der Waals surface area contributed by atoms with E-state index >= 15 is 0 Å². The largest absolute Gasteiger partial charge is 0.417 e. The van der Waals surface area contributed by atoms with Crippen molar-refractivity contribution in [1.82, 2.24) is 0 Å². The number of ether oxygens (including phenoxy) is 1. The highest BCUT2D eigenvalue weighted by molar-refractivity contribution is 6.61. The van der Waals surface area contributed by atoms with Gasteiger partial charge in [-0.05, 0) is 0 Å². The first-order valence-corrected chi connectivity index (χ1v) is 2.82. The molecular formula is C7HClO4. The van der Waals surface area contributed by atoms with Crippen LogP contribution in [0.1, 0.15) is 0 Å². The highest BCUT2D eigenvalue weighted by Crippen LogP contribution is 1.81. The maximum absolute atomic E-state index is 9.89. The third-order valence-electron chi connectivity index (χ3n) is 0.466. The molecule has 0 aliphatic carbocycles. The fourth-order valence-electron chi connectivity index (χ4n) is 0.202. The van der Waals surface area contributed by atoms with E-state index in [-0.39, 0.29) is 0 Å². The van der Waals surface area contributed by atoms with Gasteiger partial charge in [0, 0.05) is 35.3 Å². The molecular weight excluding hydrogens is 184 g/mol. The third-order valence-corrected chi connectivity index (χ3v) is 0.544. The fraction of sp³-hybridized carbons (Fsp3) is 0. The van der Waals surface area contributed by atoms with Crippen molar-refractivity contribution in [1.29, 1.82) is 0 Å². The van der Waals surface area contributed by atoms with Crippen LogP contribution < -0.4 is 0 Å². The Labute approximate surface area is 73.3 Å². The van der Waals surface area contributed by atoms with Gasteiger partial charge in [-0.1, -0.05) is 0 Å². The molecule has 0 heterocycles. The Kier molecular flexibility index (Phi) is 6.21. The molecule has 0 aromatic carbocycles. The Bertz CT molecular complexity index is 328. The second kappa shape index (κ2) is 7.31. The van der Waals surface area contributed by atoms with Crippen molar-refractivity contribution >= 4 is 17.0 Å². The lowest BCUT2D eigenvalue weighted by molar-refractivity contribution is -0.171. The molecule has 60 valence electrons. The molecule has 0 bridgehead atoms. The molecule has 1 N–H and O–H groups in total. The molecule has 0 saturated heterocycles. The summed E-state index contributed by atoms with van der Waals surface area (Å²) >= 11 is 4.75.